The second kappa shape index (κ2) is 36.6. The van der Waals surface area contributed by atoms with Gasteiger partial charge in [0.1, 0.15) is 19.8 Å². The Bertz CT molecular complexity index is 1070. The number of carbonyl (C=O) groups is 2. The van der Waals surface area contributed by atoms with E-state index >= 15 is 0 Å². The van der Waals surface area contributed by atoms with Crippen LogP contribution in [0.2, 0.25) is 0 Å². The van der Waals surface area contributed by atoms with Gasteiger partial charge in [0.25, 0.3) is 0 Å². The number of unbranched alkanes of at least 4 members (excludes halogenated alkanes) is 16. The van der Waals surface area contributed by atoms with Gasteiger partial charge in [-0.1, -0.05) is 152 Å². The van der Waals surface area contributed by atoms with Crippen molar-refractivity contribution in [3.63, 3.8) is 0 Å². The Morgan fingerprint density at radius 1 is 0.574 bits per heavy atom. The third kappa shape index (κ3) is 39.7. The lowest BCUT2D eigenvalue weighted by Gasteiger charge is -2.24. The van der Waals surface area contributed by atoms with E-state index in [0.717, 1.165) is 38.5 Å². The summed E-state index contributed by atoms with van der Waals surface area (Å²) in [6.45, 7) is 4.32. The lowest BCUT2D eigenvalue weighted by atomic mass is 10.0. The van der Waals surface area contributed by atoms with Crippen molar-refractivity contribution in [1.82, 2.24) is 0 Å². The van der Waals surface area contributed by atoms with Crippen LogP contribution in [0.5, 0.6) is 0 Å². The monoisotopic (exact) mass is 783 g/mol. The highest BCUT2D eigenvalue weighted by Crippen LogP contribution is 2.43. The fraction of sp³-hybridized carbons (Fsp3) is 0.773. The van der Waals surface area contributed by atoms with Gasteiger partial charge in [-0.05, 0) is 51.4 Å². The van der Waals surface area contributed by atoms with Gasteiger partial charge < -0.3 is 18.9 Å². The summed E-state index contributed by atoms with van der Waals surface area (Å²) in [6, 6.07) is 0. The SMILES string of the molecule is CCCCC/C=C/C/C=C/C/C=C/C/C=C/CCCC(=O)OC(COC(=O)CCCCCCCCCCCCCCC)COP(=O)(O)OCC[N+](C)(C)C. The first-order valence-electron chi connectivity index (χ1n) is 21.4. The summed E-state index contributed by atoms with van der Waals surface area (Å²) in [4.78, 5) is 35.3. The highest BCUT2D eigenvalue weighted by Gasteiger charge is 2.27. The normalized spacial score (nSPS) is 14.1. The fourth-order valence-electron chi connectivity index (χ4n) is 5.48. The van der Waals surface area contributed by atoms with Crippen LogP contribution in [-0.2, 0) is 32.7 Å². The fourth-order valence-corrected chi connectivity index (χ4v) is 6.22. The number of likely N-dealkylation sites (N-methyl/N-ethyl adjacent to an activating group) is 1. The minimum Gasteiger partial charge on any atom is -0.462 e. The zero-order chi connectivity index (χ0) is 40.0. The van der Waals surface area contributed by atoms with Gasteiger partial charge in [-0.3, -0.25) is 18.6 Å². The molecule has 9 nitrogen and oxygen atoms in total. The van der Waals surface area contributed by atoms with E-state index in [9.17, 15) is 19.0 Å². The highest BCUT2D eigenvalue weighted by molar-refractivity contribution is 7.47. The molecule has 0 saturated carbocycles. The van der Waals surface area contributed by atoms with E-state index in [1.54, 1.807) is 0 Å². The number of ether oxygens (including phenoxy) is 2. The molecule has 54 heavy (non-hydrogen) atoms. The average molecular weight is 783 g/mol. The maximum Gasteiger partial charge on any atom is 0.472 e. The molecule has 10 heteroatoms. The molecule has 0 radical (unpaired) electrons. The van der Waals surface area contributed by atoms with Crippen molar-refractivity contribution in [1.29, 1.82) is 0 Å². The van der Waals surface area contributed by atoms with E-state index in [2.05, 4.69) is 56.4 Å². The number of phosphoric ester groups is 1. The second-order valence-corrected chi connectivity index (χ2v) is 16.8. The zero-order valence-corrected chi connectivity index (χ0v) is 36.1. The summed E-state index contributed by atoms with van der Waals surface area (Å²) in [7, 11) is 1.44. The number of rotatable bonds is 38. The molecule has 0 aliphatic rings. The lowest BCUT2D eigenvalue weighted by molar-refractivity contribution is -0.870. The standard InChI is InChI=1S/C44H80NO8P/c1-6-8-10-12-14-16-18-20-21-22-23-25-27-29-31-33-35-37-44(47)53-42(41-52-54(48,49)51-39-38-45(3,4)5)40-50-43(46)36-34-32-30-28-26-24-19-17-15-13-11-9-7-2/h14,16,20-21,23,25,29,31,42H,6-13,15,17-19,22,24,26-28,30,32-41H2,1-5H3/p+1/b16-14+,21-20+,25-23+,31-29+. The molecule has 0 fully saturated rings. The van der Waals surface area contributed by atoms with Gasteiger partial charge in [0.05, 0.1) is 27.7 Å². The molecule has 0 aliphatic heterocycles. The molecule has 2 unspecified atom stereocenters. The largest absolute Gasteiger partial charge is 0.472 e. The molecule has 0 spiro atoms. The van der Waals surface area contributed by atoms with Gasteiger partial charge in [-0.15, -0.1) is 0 Å². The molecule has 0 aromatic carbocycles. The summed E-state index contributed by atoms with van der Waals surface area (Å²) in [5.41, 5.74) is 0. The molecule has 0 aromatic rings. The molecule has 0 saturated heterocycles. The van der Waals surface area contributed by atoms with Crippen LogP contribution in [0.25, 0.3) is 0 Å². The Kier molecular flexibility index (Phi) is 35.2. The number of nitrogens with zero attached hydrogens (tertiary/aromatic N) is 1. The number of phosphoric acid groups is 1. The Morgan fingerprint density at radius 3 is 1.54 bits per heavy atom. The van der Waals surface area contributed by atoms with Crippen molar-refractivity contribution in [2.75, 3.05) is 47.5 Å². The van der Waals surface area contributed by atoms with Crippen LogP contribution in [0.3, 0.4) is 0 Å². The molecule has 0 amide bonds. The molecule has 0 heterocycles. The van der Waals surface area contributed by atoms with Crippen LogP contribution in [0, 0.1) is 0 Å². The predicted molar refractivity (Wildman–Crippen MR) is 224 cm³/mol. The summed E-state index contributed by atoms with van der Waals surface area (Å²) < 4.78 is 34.2. The van der Waals surface area contributed by atoms with Crippen molar-refractivity contribution in [3.05, 3.63) is 48.6 Å². The van der Waals surface area contributed by atoms with Crippen molar-refractivity contribution < 1.29 is 42.1 Å². The predicted octanol–water partition coefficient (Wildman–Crippen LogP) is 11.9. The number of allylic oxidation sites excluding steroid dienone is 8. The lowest BCUT2D eigenvalue weighted by Crippen LogP contribution is -2.37. The van der Waals surface area contributed by atoms with Gasteiger partial charge in [0.2, 0.25) is 0 Å². The van der Waals surface area contributed by atoms with Gasteiger partial charge in [-0.2, -0.15) is 0 Å². The maximum absolute atomic E-state index is 12.6. The summed E-state index contributed by atoms with van der Waals surface area (Å²) >= 11 is 0. The Morgan fingerprint density at radius 2 is 1.02 bits per heavy atom. The number of esters is 2. The van der Waals surface area contributed by atoms with Crippen molar-refractivity contribution in [2.45, 2.75) is 174 Å². The summed E-state index contributed by atoms with van der Waals surface area (Å²) in [5, 5.41) is 0. The topological polar surface area (TPSA) is 108 Å². The van der Waals surface area contributed by atoms with Crippen LogP contribution in [0.15, 0.2) is 48.6 Å². The molecule has 1 N–H and O–H groups in total. The van der Waals surface area contributed by atoms with Crippen molar-refractivity contribution in [2.24, 2.45) is 0 Å². The van der Waals surface area contributed by atoms with E-state index in [4.69, 9.17) is 18.5 Å². The van der Waals surface area contributed by atoms with Gasteiger partial charge >= 0.3 is 19.8 Å². The van der Waals surface area contributed by atoms with Crippen LogP contribution < -0.4 is 0 Å². The average Bonchev–Trinajstić information content (AvgIpc) is 3.12. The van der Waals surface area contributed by atoms with E-state index < -0.39 is 26.5 Å². The number of carbonyl (C=O) groups excluding carboxylic acids is 2. The maximum atomic E-state index is 12.6. The second-order valence-electron chi connectivity index (χ2n) is 15.4. The van der Waals surface area contributed by atoms with E-state index in [1.807, 2.05) is 27.2 Å². The molecular formula is C44H81NO8P+. The molecule has 0 rings (SSSR count). The molecule has 0 aliphatic carbocycles. The van der Waals surface area contributed by atoms with Gasteiger partial charge in [0, 0.05) is 12.8 Å². The smallest absolute Gasteiger partial charge is 0.462 e. The number of hydrogen-bond acceptors (Lipinski definition) is 7. The van der Waals surface area contributed by atoms with Crippen molar-refractivity contribution >= 4 is 19.8 Å². The molecule has 2 atom stereocenters. The quantitative estimate of drug-likeness (QED) is 0.0217. The number of quaternary nitrogens is 1. The van der Waals surface area contributed by atoms with Crippen LogP contribution in [-0.4, -0.2) is 74.9 Å². The first-order chi connectivity index (χ1) is 26.0. The highest BCUT2D eigenvalue weighted by atomic mass is 31.2. The molecule has 0 bridgehead atoms. The third-order valence-corrected chi connectivity index (χ3v) is 9.85. The first kappa shape index (κ1) is 52.0. The Labute approximate surface area is 331 Å². The zero-order valence-electron chi connectivity index (χ0n) is 35.2. The minimum atomic E-state index is -4.39. The Balaban J connectivity index is 4.49. The van der Waals surface area contributed by atoms with Gasteiger partial charge in [-0.25, -0.2) is 4.57 Å². The molecule has 314 valence electrons. The van der Waals surface area contributed by atoms with Crippen molar-refractivity contribution in [3.8, 4) is 0 Å². The Hall–Kier alpha value is -2.03. The molecule has 0 aromatic heterocycles. The van der Waals surface area contributed by atoms with E-state index in [-0.39, 0.29) is 32.0 Å². The summed E-state index contributed by atoms with van der Waals surface area (Å²) in [5.74, 6) is -0.864. The summed E-state index contributed by atoms with van der Waals surface area (Å²) in [6.07, 6.45) is 41.6. The third-order valence-electron chi connectivity index (χ3n) is 8.86. The van der Waals surface area contributed by atoms with E-state index in [0.29, 0.717) is 23.9 Å². The van der Waals surface area contributed by atoms with Crippen LogP contribution >= 0.6 is 7.82 Å². The molecular weight excluding hydrogens is 701 g/mol. The first-order valence-corrected chi connectivity index (χ1v) is 22.9. The number of hydrogen-bond donors (Lipinski definition) is 1. The van der Waals surface area contributed by atoms with Gasteiger partial charge in [0.15, 0.2) is 6.10 Å². The minimum absolute atomic E-state index is 0.0212. The van der Waals surface area contributed by atoms with Crippen LogP contribution in [0.4, 0.5) is 0 Å². The van der Waals surface area contributed by atoms with Crippen LogP contribution in [0.1, 0.15) is 168 Å². The van der Waals surface area contributed by atoms with E-state index in [1.165, 1.54) is 89.9 Å².